The average Bonchev–Trinajstić information content (AvgIpc) is 3.39. The number of aromatic nitrogens is 3. The molecule has 0 saturated heterocycles. The van der Waals surface area contributed by atoms with Gasteiger partial charge in [-0.05, 0) is 55.2 Å². The summed E-state index contributed by atoms with van der Waals surface area (Å²) in [6.07, 6.45) is 6.80. The van der Waals surface area contributed by atoms with Gasteiger partial charge in [0.25, 0.3) is 5.56 Å². The monoisotopic (exact) mass is 399 g/mol. The van der Waals surface area contributed by atoms with E-state index in [1.54, 1.807) is 24.3 Å². The van der Waals surface area contributed by atoms with Crippen molar-refractivity contribution in [3.8, 4) is 17.3 Å². The standard InChI is InChI=1S/C23H21N5O2/c24-13-18-11-16(7-8-25-18)22-19-3-1-2-4-20(19)23(30)28(27-22)26-21(29)12-17-10-14-5-6-15(17)9-14/h1-4,7-8,11,14-15,17H,5-6,9-10,12H2,(H,26,29)/t14-,15+,17-/m1/s1. The molecule has 2 bridgehead atoms. The van der Waals surface area contributed by atoms with Gasteiger partial charge >= 0.3 is 0 Å². The lowest BCUT2D eigenvalue weighted by atomic mass is 9.86. The van der Waals surface area contributed by atoms with E-state index in [-0.39, 0.29) is 17.2 Å². The molecule has 3 aromatic rings. The summed E-state index contributed by atoms with van der Waals surface area (Å²) < 4.78 is 0. The number of carbonyl (C=O) groups is 1. The van der Waals surface area contributed by atoms with E-state index in [9.17, 15) is 14.9 Å². The molecule has 1 aromatic carbocycles. The Hall–Kier alpha value is -3.53. The first kappa shape index (κ1) is 18.5. The highest BCUT2D eigenvalue weighted by atomic mass is 16.2. The number of pyridine rings is 1. The molecule has 0 radical (unpaired) electrons. The van der Waals surface area contributed by atoms with Crippen molar-refractivity contribution in [3.05, 3.63) is 58.6 Å². The minimum atomic E-state index is -0.370. The van der Waals surface area contributed by atoms with E-state index in [4.69, 9.17) is 0 Å². The predicted molar refractivity (Wildman–Crippen MR) is 112 cm³/mol. The largest absolute Gasteiger partial charge is 0.294 e. The maximum absolute atomic E-state index is 13.0. The molecule has 0 unspecified atom stereocenters. The number of amides is 1. The van der Waals surface area contributed by atoms with Crippen molar-refractivity contribution in [1.29, 1.82) is 5.26 Å². The summed E-state index contributed by atoms with van der Waals surface area (Å²) in [5, 5.41) is 14.7. The van der Waals surface area contributed by atoms with Crippen LogP contribution in [-0.2, 0) is 4.79 Å². The van der Waals surface area contributed by atoms with E-state index in [2.05, 4.69) is 15.5 Å². The van der Waals surface area contributed by atoms with E-state index in [1.165, 1.54) is 25.5 Å². The molecule has 2 aromatic heterocycles. The van der Waals surface area contributed by atoms with Gasteiger partial charge in [0.15, 0.2) is 0 Å². The van der Waals surface area contributed by atoms with Crippen LogP contribution in [0.3, 0.4) is 0 Å². The van der Waals surface area contributed by atoms with Crippen molar-refractivity contribution in [2.45, 2.75) is 32.1 Å². The van der Waals surface area contributed by atoms with Crippen molar-refractivity contribution in [2.24, 2.45) is 17.8 Å². The zero-order valence-corrected chi connectivity index (χ0v) is 16.4. The normalized spacial score (nSPS) is 22.2. The molecule has 2 aliphatic rings. The van der Waals surface area contributed by atoms with Gasteiger partial charge in [0, 0.05) is 23.6 Å². The van der Waals surface area contributed by atoms with Crippen LogP contribution in [0.15, 0.2) is 47.4 Å². The van der Waals surface area contributed by atoms with Gasteiger partial charge in [-0.15, -0.1) is 9.89 Å². The first-order valence-corrected chi connectivity index (χ1v) is 10.3. The van der Waals surface area contributed by atoms with E-state index in [0.29, 0.717) is 40.3 Å². The molecule has 2 fully saturated rings. The third kappa shape index (κ3) is 3.24. The van der Waals surface area contributed by atoms with Gasteiger partial charge in [-0.1, -0.05) is 24.6 Å². The SMILES string of the molecule is N#Cc1cc(-c2nn(NC(=O)C[C@H]3C[C@@H]4CC[C@H]3C4)c(=O)c3ccccc23)ccn1. The number of carbonyl (C=O) groups excluding carboxylic acids is 1. The van der Waals surface area contributed by atoms with Crippen LogP contribution < -0.4 is 11.0 Å². The summed E-state index contributed by atoms with van der Waals surface area (Å²) in [6.45, 7) is 0. The highest BCUT2D eigenvalue weighted by molar-refractivity contribution is 5.94. The zero-order valence-electron chi connectivity index (χ0n) is 16.4. The lowest BCUT2D eigenvalue weighted by molar-refractivity contribution is -0.118. The maximum atomic E-state index is 13.0. The number of nitrogens with one attached hydrogen (secondary N) is 1. The summed E-state index contributed by atoms with van der Waals surface area (Å²) in [5.74, 6) is 1.62. The molecule has 3 atom stereocenters. The van der Waals surface area contributed by atoms with Gasteiger partial charge in [0.05, 0.1) is 5.39 Å². The van der Waals surface area contributed by atoms with E-state index in [0.717, 1.165) is 17.1 Å². The van der Waals surface area contributed by atoms with Gasteiger partial charge in [0.2, 0.25) is 5.91 Å². The third-order valence-corrected chi connectivity index (χ3v) is 6.52. The van der Waals surface area contributed by atoms with Crippen LogP contribution in [-0.4, -0.2) is 20.8 Å². The van der Waals surface area contributed by atoms with Crippen LogP contribution in [0.4, 0.5) is 0 Å². The number of hydrogen-bond donors (Lipinski definition) is 1. The molecule has 7 nitrogen and oxygen atoms in total. The molecular weight excluding hydrogens is 378 g/mol. The van der Waals surface area contributed by atoms with Gasteiger partial charge in [-0.3, -0.25) is 9.59 Å². The Kier molecular flexibility index (Phi) is 4.55. The molecule has 1 N–H and O–H groups in total. The number of rotatable bonds is 4. The number of hydrogen-bond acceptors (Lipinski definition) is 5. The molecule has 7 heteroatoms. The minimum absolute atomic E-state index is 0.184. The van der Waals surface area contributed by atoms with E-state index < -0.39 is 0 Å². The molecule has 0 spiro atoms. The van der Waals surface area contributed by atoms with Crippen molar-refractivity contribution in [2.75, 3.05) is 5.43 Å². The van der Waals surface area contributed by atoms with Crippen molar-refractivity contribution in [1.82, 2.24) is 14.9 Å². The van der Waals surface area contributed by atoms with Crippen LogP contribution in [0.5, 0.6) is 0 Å². The number of nitrogens with zero attached hydrogens (tertiary/aromatic N) is 4. The second-order valence-corrected chi connectivity index (χ2v) is 8.33. The van der Waals surface area contributed by atoms with Crippen LogP contribution in [0.2, 0.25) is 0 Å². The Bertz CT molecular complexity index is 1240. The van der Waals surface area contributed by atoms with Crippen LogP contribution in [0.25, 0.3) is 22.0 Å². The Morgan fingerprint density at radius 1 is 1.20 bits per heavy atom. The molecule has 150 valence electrons. The highest BCUT2D eigenvalue weighted by Crippen LogP contribution is 2.49. The maximum Gasteiger partial charge on any atom is 0.294 e. The summed E-state index contributed by atoms with van der Waals surface area (Å²) in [5.41, 5.74) is 3.77. The highest BCUT2D eigenvalue weighted by Gasteiger charge is 2.40. The minimum Gasteiger partial charge on any atom is -0.273 e. The summed E-state index contributed by atoms with van der Waals surface area (Å²) in [4.78, 5) is 30.7. The first-order valence-electron chi connectivity index (χ1n) is 10.3. The van der Waals surface area contributed by atoms with Crippen LogP contribution >= 0.6 is 0 Å². The van der Waals surface area contributed by atoms with Crippen LogP contribution in [0, 0.1) is 29.1 Å². The van der Waals surface area contributed by atoms with Crippen molar-refractivity contribution < 1.29 is 4.79 Å². The molecule has 0 aliphatic heterocycles. The lowest BCUT2D eigenvalue weighted by Gasteiger charge is -2.21. The van der Waals surface area contributed by atoms with Crippen molar-refractivity contribution in [3.63, 3.8) is 0 Å². The fourth-order valence-corrected chi connectivity index (χ4v) is 5.15. The number of fused-ring (bicyclic) bond motifs is 3. The number of benzene rings is 1. The lowest BCUT2D eigenvalue weighted by Crippen LogP contribution is -2.36. The number of nitriles is 1. The summed E-state index contributed by atoms with van der Waals surface area (Å²) >= 11 is 0. The van der Waals surface area contributed by atoms with Crippen LogP contribution in [0.1, 0.15) is 37.8 Å². The van der Waals surface area contributed by atoms with E-state index in [1.807, 2.05) is 18.2 Å². The third-order valence-electron chi connectivity index (χ3n) is 6.52. The second kappa shape index (κ2) is 7.38. The predicted octanol–water partition coefficient (Wildman–Crippen LogP) is 3.23. The molecule has 2 saturated carbocycles. The van der Waals surface area contributed by atoms with Gasteiger partial charge in [0.1, 0.15) is 17.5 Å². The molecule has 1 amide bonds. The second-order valence-electron chi connectivity index (χ2n) is 8.33. The smallest absolute Gasteiger partial charge is 0.273 e. The zero-order chi connectivity index (χ0) is 20.7. The Labute approximate surface area is 173 Å². The fourth-order valence-electron chi connectivity index (χ4n) is 5.15. The Morgan fingerprint density at radius 3 is 2.77 bits per heavy atom. The Balaban J connectivity index is 1.50. The van der Waals surface area contributed by atoms with Gasteiger partial charge in [-0.2, -0.15) is 5.26 Å². The molecule has 5 rings (SSSR count). The molecule has 2 aliphatic carbocycles. The summed E-state index contributed by atoms with van der Waals surface area (Å²) in [7, 11) is 0. The van der Waals surface area contributed by atoms with Crippen molar-refractivity contribution >= 4 is 16.7 Å². The van der Waals surface area contributed by atoms with E-state index >= 15 is 0 Å². The fraction of sp³-hybridized carbons (Fsp3) is 0.348. The molecule has 2 heterocycles. The molecular formula is C23H21N5O2. The average molecular weight is 399 g/mol. The Morgan fingerprint density at radius 2 is 2.03 bits per heavy atom. The molecule has 30 heavy (non-hydrogen) atoms. The quantitative estimate of drug-likeness (QED) is 0.726. The first-order chi connectivity index (χ1) is 14.6. The van der Waals surface area contributed by atoms with Gasteiger partial charge < -0.3 is 0 Å². The topological polar surface area (TPSA) is 101 Å². The summed E-state index contributed by atoms with van der Waals surface area (Å²) in [6, 6.07) is 12.5. The van der Waals surface area contributed by atoms with Gasteiger partial charge in [-0.25, -0.2) is 10.4 Å².